The van der Waals surface area contributed by atoms with Crippen LogP contribution in [0, 0.1) is 0 Å². The van der Waals surface area contributed by atoms with Gasteiger partial charge in [0.25, 0.3) is 5.91 Å². The highest BCUT2D eigenvalue weighted by Crippen LogP contribution is 2.29. The van der Waals surface area contributed by atoms with Crippen LogP contribution in [0.15, 0.2) is 30.7 Å². The third-order valence-corrected chi connectivity index (χ3v) is 6.42. The van der Waals surface area contributed by atoms with Gasteiger partial charge in [0.05, 0.1) is 32.4 Å². The maximum atomic E-state index is 11.7. The number of aromatic nitrogens is 7. The highest BCUT2D eigenvalue weighted by molar-refractivity contribution is 5.92. The molecule has 0 aromatic carbocycles. The average molecular weight is 535 g/mol. The van der Waals surface area contributed by atoms with Crippen LogP contribution in [0.1, 0.15) is 29.5 Å². The first-order valence-electron chi connectivity index (χ1n) is 12.6. The van der Waals surface area contributed by atoms with E-state index in [1.165, 1.54) is 12.4 Å². The van der Waals surface area contributed by atoms with Gasteiger partial charge >= 0.3 is 0 Å². The van der Waals surface area contributed by atoms with Crippen molar-refractivity contribution in [2.75, 3.05) is 49.8 Å². The summed E-state index contributed by atoms with van der Waals surface area (Å²) in [5.74, 6) is 2.33. The van der Waals surface area contributed by atoms with Crippen molar-refractivity contribution < 1.29 is 19.5 Å². The number of amides is 1. The van der Waals surface area contributed by atoms with Crippen LogP contribution in [0.3, 0.4) is 0 Å². The Hall–Kier alpha value is -4.43. The van der Waals surface area contributed by atoms with Gasteiger partial charge < -0.3 is 23.8 Å². The molecule has 2 N–H and O–H groups in total. The normalized spacial score (nSPS) is 13.5. The van der Waals surface area contributed by atoms with Gasteiger partial charge in [-0.05, 0) is 12.5 Å². The maximum absolute atomic E-state index is 11.7. The predicted octanol–water partition coefficient (Wildman–Crippen LogP) is 1.60. The minimum Gasteiger partial charge on any atom is -0.481 e. The van der Waals surface area contributed by atoms with Crippen molar-refractivity contribution in [1.82, 2.24) is 40.0 Å². The minimum absolute atomic E-state index is 0.159. The summed E-state index contributed by atoms with van der Waals surface area (Å²) in [4.78, 5) is 43.6. The van der Waals surface area contributed by atoms with E-state index in [-0.39, 0.29) is 5.56 Å². The molecule has 5 rings (SSSR count). The van der Waals surface area contributed by atoms with Crippen molar-refractivity contribution in [3.63, 3.8) is 0 Å². The Morgan fingerprint density at radius 2 is 1.90 bits per heavy atom. The van der Waals surface area contributed by atoms with Gasteiger partial charge in [-0.3, -0.25) is 10.0 Å². The fraction of sp³-hybridized carbons (Fsp3) is 0.400. The van der Waals surface area contributed by atoms with Gasteiger partial charge in [-0.15, -0.1) is 0 Å². The lowest BCUT2D eigenvalue weighted by atomic mass is 10.2. The SMILES string of the molecule is CCCN(Cc1nc2c(N3CCOCC3)nc(-c3ccc(OC)nc3)nc2n1C)c1ncc(C(=O)NO)cn1. The second-order valence-electron chi connectivity index (χ2n) is 8.95. The predicted molar refractivity (Wildman–Crippen MR) is 142 cm³/mol. The Bertz CT molecular complexity index is 1440. The van der Waals surface area contributed by atoms with E-state index in [0.29, 0.717) is 68.2 Å². The van der Waals surface area contributed by atoms with Crippen LogP contribution in [0.5, 0.6) is 5.88 Å². The maximum Gasteiger partial charge on any atom is 0.277 e. The second kappa shape index (κ2) is 11.5. The summed E-state index contributed by atoms with van der Waals surface area (Å²) in [6.07, 6.45) is 5.30. The van der Waals surface area contributed by atoms with Gasteiger partial charge in [0.1, 0.15) is 5.82 Å². The van der Waals surface area contributed by atoms with E-state index in [2.05, 4.69) is 26.8 Å². The first kappa shape index (κ1) is 26.2. The van der Waals surface area contributed by atoms with Crippen LogP contribution in [-0.4, -0.2) is 85.5 Å². The summed E-state index contributed by atoms with van der Waals surface area (Å²) in [5.41, 5.74) is 3.91. The molecule has 204 valence electrons. The first-order valence-corrected chi connectivity index (χ1v) is 12.6. The third kappa shape index (κ3) is 5.42. The van der Waals surface area contributed by atoms with Gasteiger partial charge in [-0.25, -0.2) is 35.4 Å². The van der Waals surface area contributed by atoms with Crippen LogP contribution in [0.25, 0.3) is 22.6 Å². The summed E-state index contributed by atoms with van der Waals surface area (Å²) < 4.78 is 12.7. The number of methoxy groups -OCH3 is 1. The van der Waals surface area contributed by atoms with E-state index in [0.717, 1.165) is 23.6 Å². The van der Waals surface area contributed by atoms with E-state index >= 15 is 0 Å². The quantitative estimate of drug-likeness (QED) is 0.236. The first-order chi connectivity index (χ1) is 19.0. The Balaban J connectivity index is 1.54. The van der Waals surface area contributed by atoms with E-state index in [1.807, 2.05) is 22.6 Å². The molecule has 0 bridgehead atoms. The zero-order valence-electron chi connectivity index (χ0n) is 22.0. The Morgan fingerprint density at radius 1 is 1.13 bits per heavy atom. The molecule has 1 fully saturated rings. The molecule has 0 atom stereocenters. The number of nitrogens with zero attached hydrogens (tertiary/aromatic N) is 9. The molecule has 5 heterocycles. The number of anilines is 2. The molecular weight excluding hydrogens is 504 g/mol. The topological polar surface area (TPSA) is 157 Å². The molecule has 1 amide bonds. The highest BCUT2D eigenvalue weighted by Gasteiger charge is 2.24. The van der Waals surface area contributed by atoms with Gasteiger partial charge in [0.15, 0.2) is 22.8 Å². The number of fused-ring (bicyclic) bond motifs is 1. The number of aryl methyl sites for hydroxylation is 1. The molecule has 14 heteroatoms. The number of hydrogen-bond donors (Lipinski definition) is 2. The molecule has 39 heavy (non-hydrogen) atoms. The van der Waals surface area contributed by atoms with Crippen molar-refractivity contribution >= 4 is 28.8 Å². The largest absolute Gasteiger partial charge is 0.481 e. The fourth-order valence-electron chi connectivity index (χ4n) is 4.35. The zero-order chi connectivity index (χ0) is 27.4. The van der Waals surface area contributed by atoms with E-state index < -0.39 is 5.91 Å². The third-order valence-electron chi connectivity index (χ3n) is 6.42. The second-order valence-corrected chi connectivity index (χ2v) is 8.95. The van der Waals surface area contributed by atoms with Gasteiger partial charge in [0.2, 0.25) is 11.8 Å². The Kier molecular flexibility index (Phi) is 7.74. The number of morpholine rings is 1. The number of carbonyl (C=O) groups is 1. The van der Waals surface area contributed by atoms with Crippen LogP contribution in [0.4, 0.5) is 11.8 Å². The molecule has 0 radical (unpaired) electrons. The van der Waals surface area contributed by atoms with Crippen LogP contribution < -0.4 is 20.0 Å². The van der Waals surface area contributed by atoms with Gasteiger partial charge in [-0.2, -0.15) is 0 Å². The standard InChI is InChI=1S/C25H30N10O4/c1-4-7-35(25-27-13-17(14-28-25)24(36)32-37)15-18-29-20-22(33(18)2)30-21(16-5-6-19(38-3)26-12-16)31-23(20)34-8-10-39-11-9-34/h5-6,12-14,37H,4,7-11,15H2,1-3H3,(H,32,36). The van der Waals surface area contributed by atoms with Gasteiger partial charge in [0, 0.05) is 56.9 Å². The van der Waals surface area contributed by atoms with E-state index in [9.17, 15) is 4.79 Å². The number of imidazole rings is 1. The molecule has 0 unspecified atom stereocenters. The number of ether oxygens (including phenoxy) is 2. The molecular formula is C25H30N10O4. The molecule has 4 aromatic rings. The minimum atomic E-state index is -0.670. The Morgan fingerprint density at radius 3 is 2.54 bits per heavy atom. The lowest BCUT2D eigenvalue weighted by molar-refractivity contribution is 0.0705. The van der Waals surface area contributed by atoms with Crippen molar-refractivity contribution in [1.29, 1.82) is 0 Å². The summed E-state index contributed by atoms with van der Waals surface area (Å²) >= 11 is 0. The highest BCUT2D eigenvalue weighted by atomic mass is 16.5. The molecule has 1 saturated heterocycles. The smallest absolute Gasteiger partial charge is 0.277 e. The molecule has 4 aromatic heterocycles. The Labute approximate surface area is 224 Å². The lowest BCUT2D eigenvalue weighted by Crippen LogP contribution is -2.37. The summed E-state index contributed by atoms with van der Waals surface area (Å²) in [6, 6.07) is 3.67. The number of hydrogen-bond acceptors (Lipinski definition) is 12. The summed E-state index contributed by atoms with van der Waals surface area (Å²) in [7, 11) is 3.50. The molecule has 14 nitrogen and oxygen atoms in total. The molecule has 1 aliphatic rings. The summed E-state index contributed by atoms with van der Waals surface area (Å²) in [5, 5.41) is 8.87. The number of carbonyl (C=O) groups excluding carboxylic acids is 1. The molecule has 0 spiro atoms. The summed E-state index contributed by atoms with van der Waals surface area (Å²) in [6.45, 7) is 5.75. The number of hydroxylamine groups is 1. The van der Waals surface area contributed by atoms with Crippen LogP contribution in [-0.2, 0) is 18.3 Å². The average Bonchev–Trinajstić information content (AvgIpc) is 3.31. The number of rotatable bonds is 9. The molecule has 0 saturated carbocycles. The molecule has 1 aliphatic heterocycles. The van der Waals surface area contributed by atoms with Crippen molar-refractivity contribution in [2.45, 2.75) is 19.9 Å². The lowest BCUT2D eigenvalue weighted by Gasteiger charge is -2.28. The molecule has 0 aliphatic carbocycles. The van der Waals surface area contributed by atoms with E-state index in [4.69, 9.17) is 29.6 Å². The van der Waals surface area contributed by atoms with E-state index in [1.54, 1.807) is 24.9 Å². The van der Waals surface area contributed by atoms with Gasteiger partial charge in [-0.1, -0.05) is 6.92 Å². The zero-order valence-corrected chi connectivity index (χ0v) is 22.0. The van der Waals surface area contributed by atoms with Crippen LogP contribution >= 0.6 is 0 Å². The number of nitrogens with one attached hydrogen (secondary N) is 1. The van der Waals surface area contributed by atoms with Crippen molar-refractivity contribution in [2.24, 2.45) is 7.05 Å². The number of pyridine rings is 1. The van der Waals surface area contributed by atoms with Crippen molar-refractivity contribution in [3.8, 4) is 17.3 Å². The van der Waals surface area contributed by atoms with Crippen molar-refractivity contribution in [3.05, 3.63) is 42.1 Å². The monoisotopic (exact) mass is 534 g/mol. The fourth-order valence-corrected chi connectivity index (χ4v) is 4.35. The van der Waals surface area contributed by atoms with Crippen LogP contribution in [0.2, 0.25) is 0 Å².